The summed E-state index contributed by atoms with van der Waals surface area (Å²) < 4.78 is 2.03. The second-order valence-corrected chi connectivity index (χ2v) is 5.81. The SMILES string of the molecule is S=[P+](Cn1ccnc1)c1ccccc1. The number of aromatic nitrogens is 2. The molecule has 4 heteroatoms. The Balaban J connectivity index is 2.11. The van der Waals surface area contributed by atoms with Crippen LogP contribution in [0.25, 0.3) is 0 Å². The minimum absolute atomic E-state index is 0.520. The van der Waals surface area contributed by atoms with Crippen molar-refractivity contribution in [2.24, 2.45) is 0 Å². The lowest BCUT2D eigenvalue weighted by molar-refractivity contribution is 0.886. The van der Waals surface area contributed by atoms with Crippen LogP contribution in [-0.2, 0) is 18.1 Å². The Morgan fingerprint density at radius 3 is 2.71 bits per heavy atom. The fraction of sp³-hybridized carbons (Fsp3) is 0.100. The third-order valence-electron chi connectivity index (χ3n) is 1.90. The van der Waals surface area contributed by atoms with Gasteiger partial charge in [-0.05, 0) is 12.1 Å². The average Bonchev–Trinajstić information content (AvgIpc) is 2.72. The molecule has 2 nitrogen and oxygen atoms in total. The number of hydrogen-bond donors (Lipinski definition) is 0. The molecule has 0 aliphatic heterocycles. The molecule has 0 aliphatic carbocycles. The maximum atomic E-state index is 5.47. The minimum atomic E-state index is -0.520. The Kier molecular flexibility index (Phi) is 3.02. The second-order valence-electron chi connectivity index (χ2n) is 2.93. The van der Waals surface area contributed by atoms with Crippen molar-refractivity contribution >= 4 is 23.8 Å². The highest BCUT2D eigenvalue weighted by Gasteiger charge is 2.13. The van der Waals surface area contributed by atoms with E-state index < -0.39 is 6.70 Å². The van der Waals surface area contributed by atoms with Gasteiger partial charge in [-0.3, -0.25) is 4.57 Å². The molecule has 0 spiro atoms. The number of nitrogens with zero attached hydrogens (tertiary/aromatic N) is 2. The maximum absolute atomic E-state index is 5.47. The predicted octanol–water partition coefficient (Wildman–Crippen LogP) is 2.11. The molecular formula is C10H10N2PS+. The highest BCUT2D eigenvalue weighted by Crippen LogP contribution is 2.22. The lowest BCUT2D eigenvalue weighted by atomic mass is 10.4. The molecule has 2 aromatic rings. The summed E-state index contributed by atoms with van der Waals surface area (Å²) in [5, 5.41) is 1.26. The van der Waals surface area contributed by atoms with Crippen molar-refractivity contribution < 1.29 is 0 Å². The maximum Gasteiger partial charge on any atom is 0.234 e. The van der Waals surface area contributed by atoms with Gasteiger partial charge in [-0.2, -0.15) is 0 Å². The van der Waals surface area contributed by atoms with Crippen LogP contribution in [0.2, 0.25) is 0 Å². The highest BCUT2D eigenvalue weighted by atomic mass is 32.4. The summed E-state index contributed by atoms with van der Waals surface area (Å²) in [4.78, 5) is 4.00. The monoisotopic (exact) mass is 221 g/mol. The first-order valence-corrected chi connectivity index (χ1v) is 6.86. The van der Waals surface area contributed by atoms with Crippen LogP contribution >= 0.6 is 6.70 Å². The van der Waals surface area contributed by atoms with Crippen LogP contribution in [0.3, 0.4) is 0 Å². The lowest BCUT2D eigenvalue weighted by Gasteiger charge is -1.93. The minimum Gasteiger partial charge on any atom is -0.297 e. The number of hydrogen-bond acceptors (Lipinski definition) is 2. The molecule has 1 aromatic heterocycles. The summed E-state index contributed by atoms with van der Waals surface area (Å²) in [6.45, 7) is -0.520. The zero-order valence-electron chi connectivity index (χ0n) is 7.58. The first-order valence-electron chi connectivity index (χ1n) is 4.32. The van der Waals surface area contributed by atoms with E-state index in [0.29, 0.717) is 0 Å². The van der Waals surface area contributed by atoms with Crippen molar-refractivity contribution in [3.8, 4) is 0 Å². The average molecular weight is 221 g/mol. The summed E-state index contributed by atoms with van der Waals surface area (Å²) in [7, 11) is 0. The molecule has 0 N–H and O–H groups in total. The molecule has 0 bridgehead atoms. The van der Waals surface area contributed by atoms with E-state index in [9.17, 15) is 0 Å². The van der Waals surface area contributed by atoms with Crippen LogP contribution < -0.4 is 5.30 Å². The molecule has 0 fully saturated rings. The standard InChI is InChI=1S/C10H10N2PS/c14-13(9-12-7-6-11-8-12)10-4-2-1-3-5-10/h1-8H,9H2/q+1. The van der Waals surface area contributed by atoms with Gasteiger partial charge in [0.2, 0.25) is 13.0 Å². The topological polar surface area (TPSA) is 17.8 Å². The smallest absolute Gasteiger partial charge is 0.234 e. The van der Waals surface area contributed by atoms with E-state index >= 15 is 0 Å². The van der Waals surface area contributed by atoms with Crippen molar-refractivity contribution in [1.29, 1.82) is 0 Å². The predicted molar refractivity (Wildman–Crippen MR) is 62.6 cm³/mol. The zero-order valence-corrected chi connectivity index (χ0v) is 9.29. The molecule has 14 heavy (non-hydrogen) atoms. The normalized spacial score (nSPS) is 11.3. The van der Waals surface area contributed by atoms with E-state index in [1.807, 2.05) is 35.3 Å². The molecule has 1 unspecified atom stereocenters. The van der Waals surface area contributed by atoms with Gasteiger partial charge in [0.25, 0.3) is 0 Å². The Morgan fingerprint density at radius 1 is 1.29 bits per heavy atom. The Bertz CT molecular complexity index is 411. The van der Waals surface area contributed by atoms with Crippen LogP contribution in [0.5, 0.6) is 0 Å². The van der Waals surface area contributed by atoms with Gasteiger partial charge in [0.05, 0.1) is 6.33 Å². The highest BCUT2D eigenvalue weighted by molar-refractivity contribution is 8.08. The van der Waals surface area contributed by atoms with E-state index in [1.165, 1.54) is 5.30 Å². The van der Waals surface area contributed by atoms with E-state index in [1.54, 1.807) is 6.20 Å². The number of rotatable bonds is 3. The van der Waals surface area contributed by atoms with Gasteiger partial charge in [0, 0.05) is 12.4 Å². The van der Waals surface area contributed by atoms with Crippen LogP contribution in [0.1, 0.15) is 0 Å². The summed E-state index contributed by atoms with van der Waals surface area (Å²) in [5.41, 5.74) is 0. The molecule has 2 rings (SSSR count). The molecule has 1 aromatic carbocycles. The Labute approximate surface area is 89.0 Å². The molecule has 0 saturated heterocycles. The van der Waals surface area contributed by atoms with E-state index in [2.05, 4.69) is 17.1 Å². The molecule has 1 atom stereocenters. The van der Waals surface area contributed by atoms with E-state index in [0.717, 1.165) is 6.29 Å². The first kappa shape index (κ1) is 9.50. The third-order valence-corrected chi connectivity index (χ3v) is 4.33. The fourth-order valence-electron chi connectivity index (χ4n) is 1.19. The van der Waals surface area contributed by atoms with Crippen molar-refractivity contribution in [3.63, 3.8) is 0 Å². The lowest BCUT2D eigenvalue weighted by Crippen LogP contribution is -1.99. The van der Waals surface area contributed by atoms with Crippen LogP contribution in [0.15, 0.2) is 49.1 Å². The molecule has 0 radical (unpaired) electrons. The largest absolute Gasteiger partial charge is 0.297 e. The summed E-state index contributed by atoms with van der Waals surface area (Å²) in [6.07, 6.45) is 6.41. The van der Waals surface area contributed by atoms with Crippen LogP contribution in [0.4, 0.5) is 0 Å². The second kappa shape index (κ2) is 4.45. The van der Waals surface area contributed by atoms with Gasteiger partial charge in [0.15, 0.2) is 17.1 Å². The van der Waals surface area contributed by atoms with E-state index in [4.69, 9.17) is 11.8 Å². The Morgan fingerprint density at radius 2 is 2.07 bits per heavy atom. The van der Waals surface area contributed by atoms with Crippen LogP contribution in [0, 0.1) is 0 Å². The van der Waals surface area contributed by atoms with Gasteiger partial charge in [-0.25, -0.2) is 4.98 Å². The number of imidazole rings is 1. The van der Waals surface area contributed by atoms with Crippen molar-refractivity contribution in [1.82, 2.24) is 9.55 Å². The molecule has 1 heterocycles. The fourth-order valence-corrected chi connectivity index (χ4v) is 3.09. The zero-order chi connectivity index (χ0) is 9.80. The van der Waals surface area contributed by atoms with Gasteiger partial charge >= 0.3 is 0 Å². The summed E-state index contributed by atoms with van der Waals surface area (Å²) in [5.74, 6) is 0. The molecule has 70 valence electrons. The van der Waals surface area contributed by atoms with E-state index in [-0.39, 0.29) is 0 Å². The molecular weight excluding hydrogens is 211 g/mol. The van der Waals surface area contributed by atoms with Gasteiger partial charge < -0.3 is 0 Å². The quantitative estimate of drug-likeness (QED) is 0.739. The van der Waals surface area contributed by atoms with Crippen molar-refractivity contribution in [3.05, 3.63) is 49.1 Å². The molecule has 0 aliphatic rings. The van der Waals surface area contributed by atoms with Crippen LogP contribution in [-0.4, -0.2) is 9.55 Å². The van der Waals surface area contributed by atoms with Gasteiger partial charge in [-0.1, -0.05) is 18.2 Å². The summed E-state index contributed by atoms with van der Waals surface area (Å²) >= 11 is 5.47. The molecule has 0 saturated carbocycles. The summed E-state index contributed by atoms with van der Waals surface area (Å²) in [6, 6.07) is 10.3. The third kappa shape index (κ3) is 2.25. The van der Waals surface area contributed by atoms with Gasteiger partial charge in [-0.15, -0.1) is 0 Å². The van der Waals surface area contributed by atoms with Crippen molar-refractivity contribution in [2.75, 3.05) is 0 Å². The van der Waals surface area contributed by atoms with Gasteiger partial charge in [0.1, 0.15) is 0 Å². The Hall–Kier alpha value is -1.05. The number of benzene rings is 1. The first-order chi connectivity index (χ1) is 6.86. The molecule has 0 amide bonds. The van der Waals surface area contributed by atoms with Crippen molar-refractivity contribution in [2.45, 2.75) is 6.29 Å².